The van der Waals surface area contributed by atoms with Crippen LogP contribution in [0.4, 0.5) is 5.69 Å². The summed E-state index contributed by atoms with van der Waals surface area (Å²) < 4.78 is 23.8. The van der Waals surface area contributed by atoms with Crippen molar-refractivity contribution in [3.05, 3.63) is 27.5 Å². The molecule has 0 fully saturated rings. The fourth-order valence-corrected chi connectivity index (χ4v) is 4.36. The molecule has 0 aliphatic heterocycles. The summed E-state index contributed by atoms with van der Waals surface area (Å²) >= 11 is 4.75. The first-order chi connectivity index (χ1) is 9.79. The smallest absolute Gasteiger partial charge is 0.263 e. The van der Waals surface area contributed by atoms with Crippen LogP contribution in [0.15, 0.2) is 22.7 Å². The van der Waals surface area contributed by atoms with Gasteiger partial charge in [-0.3, -0.25) is 4.79 Å². The van der Waals surface area contributed by atoms with E-state index in [1.165, 1.54) is 17.6 Å². The van der Waals surface area contributed by atoms with Crippen LogP contribution in [-0.4, -0.2) is 32.9 Å². The standard InChI is InChI=1S/C13H15BrN2O3S2/c1-21(18,19)7-3-6-16-13(17)12-11(15)10-8(14)4-2-5-9(10)20-12/h2,4-5H,3,6-7,15H2,1H3,(H,16,17). The molecule has 0 atom stereocenters. The van der Waals surface area contributed by atoms with Crippen LogP contribution in [0.1, 0.15) is 16.1 Å². The lowest BCUT2D eigenvalue weighted by molar-refractivity contribution is 0.0958. The molecule has 5 nitrogen and oxygen atoms in total. The molecule has 0 aliphatic rings. The van der Waals surface area contributed by atoms with E-state index in [9.17, 15) is 13.2 Å². The molecule has 0 unspecified atom stereocenters. The number of hydrogen-bond acceptors (Lipinski definition) is 5. The molecule has 0 radical (unpaired) electrons. The highest BCUT2D eigenvalue weighted by Gasteiger charge is 2.17. The van der Waals surface area contributed by atoms with Gasteiger partial charge in [0.05, 0.1) is 11.4 Å². The average molecular weight is 391 g/mol. The van der Waals surface area contributed by atoms with Gasteiger partial charge in [0.15, 0.2) is 0 Å². The molecular formula is C13H15BrN2O3S2. The van der Waals surface area contributed by atoms with Crippen LogP contribution in [0, 0.1) is 0 Å². The second-order valence-electron chi connectivity index (χ2n) is 4.70. The monoisotopic (exact) mass is 390 g/mol. The lowest BCUT2D eigenvalue weighted by atomic mass is 10.2. The summed E-state index contributed by atoms with van der Waals surface area (Å²) in [6.07, 6.45) is 1.56. The van der Waals surface area contributed by atoms with Gasteiger partial charge in [0.25, 0.3) is 5.91 Å². The molecule has 3 N–H and O–H groups in total. The van der Waals surface area contributed by atoms with Crippen molar-refractivity contribution in [1.29, 1.82) is 0 Å². The summed E-state index contributed by atoms with van der Waals surface area (Å²) in [4.78, 5) is 12.6. The number of nitrogen functional groups attached to an aromatic ring is 1. The highest BCUT2D eigenvalue weighted by molar-refractivity contribution is 9.10. The zero-order valence-corrected chi connectivity index (χ0v) is 14.6. The predicted octanol–water partition coefficient (Wildman–Crippen LogP) is 2.41. The number of halogens is 1. The Balaban J connectivity index is 2.10. The fraction of sp³-hybridized carbons (Fsp3) is 0.308. The largest absolute Gasteiger partial charge is 0.397 e. The highest BCUT2D eigenvalue weighted by atomic mass is 79.9. The van der Waals surface area contributed by atoms with Crippen LogP contribution >= 0.6 is 27.3 Å². The van der Waals surface area contributed by atoms with E-state index in [-0.39, 0.29) is 11.7 Å². The Morgan fingerprint density at radius 2 is 2.14 bits per heavy atom. The summed E-state index contributed by atoms with van der Waals surface area (Å²) in [6, 6.07) is 5.66. The normalized spacial score (nSPS) is 11.7. The van der Waals surface area contributed by atoms with E-state index < -0.39 is 9.84 Å². The molecule has 21 heavy (non-hydrogen) atoms. The van der Waals surface area contributed by atoms with E-state index in [0.717, 1.165) is 14.6 Å². The minimum Gasteiger partial charge on any atom is -0.397 e. The van der Waals surface area contributed by atoms with Gasteiger partial charge in [-0.2, -0.15) is 0 Å². The molecule has 8 heteroatoms. The molecule has 2 aromatic rings. The Labute approximate surface area is 135 Å². The van der Waals surface area contributed by atoms with E-state index in [0.29, 0.717) is 23.5 Å². The zero-order valence-electron chi connectivity index (χ0n) is 11.3. The maximum absolute atomic E-state index is 12.1. The first-order valence-electron chi connectivity index (χ1n) is 6.22. The van der Waals surface area contributed by atoms with Crippen LogP contribution in [0.3, 0.4) is 0 Å². The Morgan fingerprint density at radius 3 is 2.76 bits per heavy atom. The van der Waals surface area contributed by atoms with Crippen LogP contribution in [0.2, 0.25) is 0 Å². The van der Waals surface area contributed by atoms with Crippen molar-refractivity contribution in [3.63, 3.8) is 0 Å². The number of carbonyl (C=O) groups excluding carboxylic acids is 1. The number of rotatable bonds is 5. The quantitative estimate of drug-likeness (QED) is 0.766. The summed E-state index contributed by atoms with van der Waals surface area (Å²) in [5.41, 5.74) is 6.49. The third-order valence-electron chi connectivity index (χ3n) is 2.89. The summed E-state index contributed by atoms with van der Waals surface area (Å²) in [5.74, 6) is -0.213. The maximum atomic E-state index is 12.1. The van der Waals surface area contributed by atoms with Crippen molar-refractivity contribution >= 4 is 58.8 Å². The van der Waals surface area contributed by atoms with Gasteiger partial charge in [0.1, 0.15) is 14.7 Å². The molecule has 1 aromatic carbocycles. The first-order valence-corrected chi connectivity index (χ1v) is 9.89. The van der Waals surface area contributed by atoms with Crippen LogP contribution < -0.4 is 11.1 Å². The minimum absolute atomic E-state index is 0.0563. The summed E-state index contributed by atoms with van der Waals surface area (Å²) in [5, 5.41) is 3.54. The Kier molecular flexibility index (Phi) is 4.90. The van der Waals surface area contributed by atoms with Crippen molar-refractivity contribution in [3.8, 4) is 0 Å². The number of fused-ring (bicyclic) bond motifs is 1. The van der Waals surface area contributed by atoms with Gasteiger partial charge in [-0.1, -0.05) is 22.0 Å². The number of nitrogens with one attached hydrogen (secondary N) is 1. The predicted molar refractivity (Wildman–Crippen MR) is 90.6 cm³/mol. The van der Waals surface area contributed by atoms with Crippen molar-refractivity contribution in [2.24, 2.45) is 0 Å². The number of sulfone groups is 1. The molecular weight excluding hydrogens is 376 g/mol. The van der Waals surface area contributed by atoms with Gasteiger partial charge >= 0.3 is 0 Å². The number of nitrogens with two attached hydrogens (primary N) is 1. The highest BCUT2D eigenvalue weighted by Crippen LogP contribution is 2.37. The van der Waals surface area contributed by atoms with Crippen molar-refractivity contribution in [1.82, 2.24) is 5.32 Å². The molecule has 0 saturated heterocycles. The number of thiophene rings is 1. The average Bonchev–Trinajstić information content (AvgIpc) is 2.72. The van der Waals surface area contributed by atoms with Gasteiger partial charge in [-0.15, -0.1) is 11.3 Å². The van der Waals surface area contributed by atoms with Gasteiger partial charge in [-0.05, 0) is 18.6 Å². The van der Waals surface area contributed by atoms with Crippen molar-refractivity contribution in [2.45, 2.75) is 6.42 Å². The maximum Gasteiger partial charge on any atom is 0.263 e. The molecule has 1 aromatic heterocycles. The Hall–Kier alpha value is -1.12. The number of anilines is 1. The van der Waals surface area contributed by atoms with E-state index in [1.54, 1.807) is 0 Å². The van der Waals surface area contributed by atoms with E-state index >= 15 is 0 Å². The lowest BCUT2D eigenvalue weighted by Gasteiger charge is -2.04. The summed E-state index contributed by atoms with van der Waals surface area (Å²) in [6.45, 7) is 0.306. The van der Waals surface area contributed by atoms with Crippen LogP contribution in [0.5, 0.6) is 0 Å². The lowest BCUT2D eigenvalue weighted by Crippen LogP contribution is -2.25. The second kappa shape index (κ2) is 6.33. The first kappa shape index (κ1) is 16.3. The minimum atomic E-state index is -3.00. The fourth-order valence-electron chi connectivity index (χ4n) is 1.91. The van der Waals surface area contributed by atoms with Gasteiger partial charge < -0.3 is 11.1 Å². The van der Waals surface area contributed by atoms with E-state index in [2.05, 4.69) is 21.2 Å². The number of benzene rings is 1. The molecule has 0 bridgehead atoms. The second-order valence-corrected chi connectivity index (χ2v) is 8.86. The number of amides is 1. The Morgan fingerprint density at radius 1 is 1.43 bits per heavy atom. The molecule has 1 amide bonds. The summed E-state index contributed by atoms with van der Waals surface area (Å²) in [7, 11) is -3.00. The number of hydrogen-bond donors (Lipinski definition) is 2. The van der Waals surface area contributed by atoms with Gasteiger partial charge in [-0.25, -0.2) is 8.42 Å². The van der Waals surface area contributed by atoms with Crippen molar-refractivity contribution in [2.75, 3.05) is 24.3 Å². The molecule has 0 saturated carbocycles. The molecule has 114 valence electrons. The zero-order chi connectivity index (χ0) is 15.6. The van der Waals surface area contributed by atoms with Gasteiger partial charge in [0.2, 0.25) is 0 Å². The van der Waals surface area contributed by atoms with Crippen molar-refractivity contribution < 1.29 is 13.2 Å². The molecule has 2 rings (SSSR count). The molecule has 0 spiro atoms. The third kappa shape index (κ3) is 3.96. The SMILES string of the molecule is CS(=O)(=O)CCCNC(=O)c1sc2cccc(Br)c2c1N. The van der Waals surface area contributed by atoms with Crippen LogP contribution in [0.25, 0.3) is 10.1 Å². The van der Waals surface area contributed by atoms with E-state index in [1.807, 2.05) is 18.2 Å². The third-order valence-corrected chi connectivity index (χ3v) is 5.75. The Bertz CT molecular complexity index is 784. The van der Waals surface area contributed by atoms with Gasteiger partial charge in [0, 0.05) is 27.4 Å². The van der Waals surface area contributed by atoms with E-state index in [4.69, 9.17) is 5.73 Å². The van der Waals surface area contributed by atoms with Crippen LogP contribution in [-0.2, 0) is 9.84 Å². The topological polar surface area (TPSA) is 89.3 Å². The molecule has 1 heterocycles. The number of carbonyl (C=O) groups is 1. The molecule has 0 aliphatic carbocycles.